The highest BCUT2D eigenvalue weighted by atomic mass is 19.1. The Morgan fingerprint density at radius 1 is 1.50 bits per heavy atom. The van der Waals surface area contributed by atoms with Crippen molar-refractivity contribution in [3.05, 3.63) is 45.8 Å². The van der Waals surface area contributed by atoms with Crippen molar-refractivity contribution < 1.29 is 14.5 Å². The van der Waals surface area contributed by atoms with Crippen molar-refractivity contribution in [3.63, 3.8) is 0 Å². The maximum absolute atomic E-state index is 12.7. The molecule has 0 spiro atoms. The lowest BCUT2D eigenvalue weighted by Gasteiger charge is -2.15. The normalized spacial score (nSPS) is 12.8. The third-order valence-electron chi connectivity index (χ3n) is 2.26. The Balaban J connectivity index is 2.85. The van der Waals surface area contributed by atoms with Crippen LogP contribution in [0.1, 0.15) is 18.5 Å². The molecule has 0 bridgehead atoms. The van der Waals surface area contributed by atoms with Crippen molar-refractivity contribution >= 4 is 0 Å². The highest BCUT2D eigenvalue weighted by Crippen LogP contribution is 2.17. The second-order valence-corrected chi connectivity index (χ2v) is 3.36. The van der Waals surface area contributed by atoms with Gasteiger partial charge in [-0.15, -0.1) is 0 Å². The summed E-state index contributed by atoms with van der Waals surface area (Å²) < 4.78 is 12.7. The summed E-state index contributed by atoms with van der Waals surface area (Å²) in [4.78, 5) is 10.3. The van der Waals surface area contributed by atoms with Gasteiger partial charge in [0.2, 0.25) is 0 Å². The van der Waals surface area contributed by atoms with Gasteiger partial charge < -0.3 is 5.21 Å². The van der Waals surface area contributed by atoms with E-state index < -0.39 is 16.8 Å². The lowest BCUT2D eigenvalue weighted by Crippen LogP contribution is -2.29. The summed E-state index contributed by atoms with van der Waals surface area (Å²) >= 11 is 0. The van der Waals surface area contributed by atoms with Gasteiger partial charge in [-0.3, -0.25) is 10.1 Å². The minimum Gasteiger partial charge on any atom is -0.314 e. The van der Waals surface area contributed by atoms with Crippen molar-refractivity contribution in [2.45, 2.75) is 13.0 Å². The molecule has 0 saturated heterocycles. The fourth-order valence-electron chi connectivity index (χ4n) is 1.31. The quantitative estimate of drug-likeness (QED) is 0.617. The first kappa shape index (κ1) is 12.5. The van der Waals surface area contributed by atoms with E-state index in [4.69, 9.17) is 0 Å². The molecule has 88 valence electrons. The third kappa shape index (κ3) is 3.25. The molecule has 0 amide bonds. The Kier molecular flexibility index (Phi) is 4.33. The number of nitro groups is 1. The van der Waals surface area contributed by atoms with Crippen LogP contribution in [0.4, 0.5) is 4.39 Å². The van der Waals surface area contributed by atoms with Crippen LogP contribution in [0.5, 0.6) is 0 Å². The molecule has 1 rings (SSSR count). The van der Waals surface area contributed by atoms with E-state index in [1.54, 1.807) is 6.92 Å². The van der Waals surface area contributed by atoms with E-state index in [2.05, 4.69) is 0 Å². The van der Waals surface area contributed by atoms with Gasteiger partial charge in [0.25, 0.3) is 6.04 Å². The molecule has 0 fully saturated rings. The van der Waals surface area contributed by atoms with Gasteiger partial charge in [-0.1, -0.05) is 6.92 Å². The average molecular weight is 228 g/mol. The van der Waals surface area contributed by atoms with Gasteiger partial charge in [-0.25, -0.2) is 4.39 Å². The Labute approximate surface area is 92.2 Å². The van der Waals surface area contributed by atoms with Gasteiger partial charge in [-0.2, -0.15) is 5.06 Å². The molecular formula is C10H13FN2O3. The first-order valence-electron chi connectivity index (χ1n) is 4.87. The van der Waals surface area contributed by atoms with Crippen LogP contribution < -0.4 is 0 Å². The molecule has 0 aliphatic heterocycles. The lowest BCUT2D eigenvalue weighted by atomic mass is 10.1. The molecule has 1 unspecified atom stereocenters. The Hall–Kier alpha value is -1.53. The second kappa shape index (κ2) is 5.53. The monoisotopic (exact) mass is 228 g/mol. The molecule has 0 radical (unpaired) electrons. The predicted molar refractivity (Wildman–Crippen MR) is 55.2 cm³/mol. The van der Waals surface area contributed by atoms with Gasteiger partial charge in [0.15, 0.2) is 0 Å². The SMILES string of the molecule is CCN(O)CC(c1ccc(F)cc1)[N+](=O)[O-]. The summed E-state index contributed by atoms with van der Waals surface area (Å²) in [6, 6.07) is 3.99. The molecule has 0 heterocycles. The standard InChI is InChI=1S/C10H13FN2O3/c1-2-12(14)7-10(13(15)16)8-3-5-9(11)6-4-8/h3-6,10,14H,2,7H2,1H3. The second-order valence-electron chi connectivity index (χ2n) is 3.36. The van der Waals surface area contributed by atoms with Gasteiger partial charge in [0, 0.05) is 17.0 Å². The average Bonchev–Trinajstić information content (AvgIpc) is 2.26. The lowest BCUT2D eigenvalue weighted by molar-refractivity contribution is -0.532. The molecule has 1 aromatic carbocycles. The van der Waals surface area contributed by atoms with E-state index in [0.717, 1.165) is 5.06 Å². The van der Waals surface area contributed by atoms with E-state index in [9.17, 15) is 19.7 Å². The minimum atomic E-state index is -1.05. The molecule has 0 saturated carbocycles. The number of hydrogen-bond acceptors (Lipinski definition) is 4. The number of nitrogens with zero attached hydrogens (tertiary/aromatic N) is 2. The van der Waals surface area contributed by atoms with Crippen molar-refractivity contribution in [3.8, 4) is 0 Å². The van der Waals surface area contributed by atoms with Crippen LogP contribution in [0, 0.1) is 15.9 Å². The van der Waals surface area contributed by atoms with Crippen molar-refractivity contribution in [2.75, 3.05) is 13.1 Å². The van der Waals surface area contributed by atoms with Crippen LogP contribution in [0.3, 0.4) is 0 Å². The Bertz CT molecular complexity index is 356. The molecule has 1 N–H and O–H groups in total. The number of hydroxylamine groups is 2. The highest BCUT2D eigenvalue weighted by Gasteiger charge is 2.24. The molecule has 1 atom stereocenters. The molecule has 1 aromatic rings. The van der Waals surface area contributed by atoms with Gasteiger partial charge in [0.05, 0.1) is 6.54 Å². The number of halogens is 1. The zero-order chi connectivity index (χ0) is 12.1. The van der Waals surface area contributed by atoms with E-state index in [0.29, 0.717) is 12.1 Å². The number of hydrogen-bond donors (Lipinski definition) is 1. The smallest absolute Gasteiger partial charge is 0.252 e. The van der Waals surface area contributed by atoms with Crippen LogP contribution in [0.25, 0.3) is 0 Å². The largest absolute Gasteiger partial charge is 0.314 e. The summed E-state index contributed by atoms with van der Waals surface area (Å²) in [5, 5.41) is 20.9. The Morgan fingerprint density at radius 2 is 2.06 bits per heavy atom. The topological polar surface area (TPSA) is 66.6 Å². The predicted octanol–water partition coefficient (Wildman–Crippen LogP) is 1.85. The minimum absolute atomic E-state index is 0.116. The first-order chi connectivity index (χ1) is 7.54. The summed E-state index contributed by atoms with van der Waals surface area (Å²) in [5.74, 6) is -0.442. The number of likely N-dealkylation sites (N-methyl/N-ethyl adjacent to an activating group) is 1. The maximum atomic E-state index is 12.7. The van der Waals surface area contributed by atoms with E-state index >= 15 is 0 Å². The highest BCUT2D eigenvalue weighted by molar-refractivity contribution is 5.18. The van der Waals surface area contributed by atoms with E-state index in [1.807, 2.05) is 0 Å². The van der Waals surface area contributed by atoms with E-state index in [-0.39, 0.29) is 6.54 Å². The Morgan fingerprint density at radius 3 is 2.50 bits per heavy atom. The molecule has 0 aliphatic carbocycles. The van der Waals surface area contributed by atoms with Crippen molar-refractivity contribution in [1.82, 2.24) is 5.06 Å². The molecule has 0 aliphatic rings. The molecular weight excluding hydrogens is 215 g/mol. The van der Waals surface area contributed by atoms with Crippen LogP contribution >= 0.6 is 0 Å². The van der Waals surface area contributed by atoms with Crippen LogP contribution in [0.2, 0.25) is 0 Å². The maximum Gasteiger partial charge on any atom is 0.252 e. The number of rotatable bonds is 5. The number of benzene rings is 1. The van der Waals surface area contributed by atoms with Crippen molar-refractivity contribution in [1.29, 1.82) is 0 Å². The summed E-state index contributed by atoms with van der Waals surface area (Å²) in [6.45, 7) is 1.86. The van der Waals surface area contributed by atoms with Crippen molar-refractivity contribution in [2.24, 2.45) is 0 Å². The molecule has 6 heteroatoms. The molecule has 5 nitrogen and oxygen atoms in total. The summed E-state index contributed by atoms with van der Waals surface area (Å²) in [6.07, 6.45) is 0. The van der Waals surface area contributed by atoms with Gasteiger partial charge in [0.1, 0.15) is 5.82 Å². The zero-order valence-corrected chi connectivity index (χ0v) is 8.84. The van der Waals surface area contributed by atoms with Crippen LogP contribution in [-0.4, -0.2) is 28.3 Å². The summed E-state index contributed by atoms with van der Waals surface area (Å²) in [5.41, 5.74) is 0.374. The van der Waals surface area contributed by atoms with E-state index in [1.165, 1.54) is 24.3 Å². The van der Waals surface area contributed by atoms with Gasteiger partial charge in [-0.05, 0) is 24.3 Å². The van der Waals surface area contributed by atoms with Crippen LogP contribution in [0.15, 0.2) is 24.3 Å². The fourth-order valence-corrected chi connectivity index (χ4v) is 1.31. The van der Waals surface area contributed by atoms with Gasteiger partial charge >= 0.3 is 0 Å². The first-order valence-corrected chi connectivity index (χ1v) is 4.87. The molecule has 0 aromatic heterocycles. The van der Waals surface area contributed by atoms with Crippen LogP contribution in [-0.2, 0) is 0 Å². The third-order valence-corrected chi connectivity index (χ3v) is 2.26. The molecule has 16 heavy (non-hydrogen) atoms. The zero-order valence-electron chi connectivity index (χ0n) is 8.84. The summed E-state index contributed by atoms with van der Waals surface area (Å²) in [7, 11) is 0. The fraction of sp³-hybridized carbons (Fsp3) is 0.400.